The highest BCUT2D eigenvalue weighted by Crippen LogP contribution is 2.15. The number of hydrogen-bond donors (Lipinski definition) is 3. The van der Waals surface area contributed by atoms with Gasteiger partial charge in [0.1, 0.15) is 6.04 Å². The molecule has 0 bridgehead atoms. The van der Waals surface area contributed by atoms with Crippen molar-refractivity contribution in [3.05, 3.63) is 28.7 Å². The number of amides is 1. The second kappa shape index (κ2) is 9.76. The Balaban J connectivity index is 0.00000400. The van der Waals surface area contributed by atoms with E-state index >= 15 is 0 Å². The van der Waals surface area contributed by atoms with E-state index in [4.69, 9.17) is 5.11 Å². The summed E-state index contributed by atoms with van der Waals surface area (Å²) in [7, 11) is 0. The van der Waals surface area contributed by atoms with E-state index in [2.05, 4.69) is 26.6 Å². The van der Waals surface area contributed by atoms with Crippen molar-refractivity contribution in [1.29, 1.82) is 0 Å². The smallest absolute Gasteiger partial charge is 0.320 e. The number of carbonyl (C=O) groups is 2. The molecular weight excluding hydrogens is 360 g/mol. The van der Waals surface area contributed by atoms with E-state index in [9.17, 15) is 9.59 Å². The summed E-state index contributed by atoms with van der Waals surface area (Å²) in [6.45, 7) is 3.56. The van der Waals surface area contributed by atoms with Gasteiger partial charge in [0.25, 0.3) is 0 Å². The number of aliphatic carboxylic acids is 1. The van der Waals surface area contributed by atoms with Crippen LogP contribution in [0.1, 0.15) is 26.7 Å². The highest BCUT2D eigenvalue weighted by molar-refractivity contribution is 9.10. The number of carbonyl (C=O) groups excluding carboxylic acids is 1. The molecule has 0 radical (unpaired) electrons. The zero-order chi connectivity index (χ0) is 15.1. The van der Waals surface area contributed by atoms with Crippen LogP contribution < -0.4 is 10.6 Å². The van der Waals surface area contributed by atoms with Crippen molar-refractivity contribution in [2.75, 3.05) is 5.32 Å². The summed E-state index contributed by atoms with van der Waals surface area (Å²) in [5.41, 5.74) is 0.667. The standard InChI is InChI=1S/C14H19BrN2O3.ClH/c1-3-5-12(14(19)20)16-9(2)13(18)17-11-7-4-6-10(15)8-11;/h4,6-9,12,16H,3,5H2,1-2H3,(H,17,18)(H,19,20);1H. The van der Waals surface area contributed by atoms with Gasteiger partial charge in [0.2, 0.25) is 5.91 Å². The molecular formula is C14H20BrClN2O3. The molecule has 1 amide bonds. The van der Waals surface area contributed by atoms with Gasteiger partial charge in [-0.15, -0.1) is 12.4 Å². The maximum Gasteiger partial charge on any atom is 0.320 e. The minimum absolute atomic E-state index is 0. The highest BCUT2D eigenvalue weighted by Gasteiger charge is 2.22. The Morgan fingerprint density at radius 2 is 2.05 bits per heavy atom. The maximum atomic E-state index is 12.0. The molecule has 1 aromatic carbocycles. The summed E-state index contributed by atoms with van der Waals surface area (Å²) in [6.07, 6.45) is 1.23. The van der Waals surface area contributed by atoms with E-state index in [1.165, 1.54) is 0 Å². The van der Waals surface area contributed by atoms with Crippen molar-refractivity contribution in [2.24, 2.45) is 0 Å². The molecule has 0 spiro atoms. The topological polar surface area (TPSA) is 78.4 Å². The van der Waals surface area contributed by atoms with Gasteiger partial charge in [-0.25, -0.2) is 0 Å². The van der Waals surface area contributed by atoms with Crippen LogP contribution in [-0.4, -0.2) is 29.1 Å². The molecule has 5 nitrogen and oxygen atoms in total. The fourth-order valence-electron chi connectivity index (χ4n) is 1.76. The zero-order valence-corrected chi connectivity index (χ0v) is 14.3. The summed E-state index contributed by atoms with van der Waals surface area (Å²) < 4.78 is 0.866. The van der Waals surface area contributed by atoms with Crippen molar-refractivity contribution in [3.63, 3.8) is 0 Å². The van der Waals surface area contributed by atoms with Crippen molar-refractivity contribution >= 4 is 45.9 Å². The second-order valence-electron chi connectivity index (χ2n) is 4.57. The predicted molar refractivity (Wildman–Crippen MR) is 88.9 cm³/mol. The van der Waals surface area contributed by atoms with Crippen LogP contribution in [0.2, 0.25) is 0 Å². The molecule has 3 N–H and O–H groups in total. The van der Waals surface area contributed by atoms with Gasteiger partial charge in [0, 0.05) is 10.2 Å². The Morgan fingerprint density at radius 3 is 2.57 bits per heavy atom. The molecule has 2 unspecified atom stereocenters. The first kappa shape index (κ1) is 19.9. The second-order valence-corrected chi connectivity index (χ2v) is 5.48. The average Bonchev–Trinajstić information content (AvgIpc) is 2.37. The molecule has 1 rings (SSSR count). The molecule has 0 aromatic heterocycles. The number of nitrogens with one attached hydrogen (secondary N) is 2. The first-order valence-corrected chi connectivity index (χ1v) is 7.28. The number of hydrogen-bond acceptors (Lipinski definition) is 3. The first-order valence-electron chi connectivity index (χ1n) is 6.49. The highest BCUT2D eigenvalue weighted by atomic mass is 79.9. The van der Waals surface area contributed by atoms with E-state index < -0.39 is 18.1 Å². The number of carboxylic acids is 1. The number of carboxylic acid groups (broad SMARTS) is 1. The number of halogens is 2. The number of rotatable bonds is 7. The largest absolute Gasteiger partial charge is 0.480 e. The molecule has 0 aliphatic rings. The van der Waals surface area contributed by atoms with Crippen LogP contribution in [0.3, 0.4) is 0 Å². The van der Waals surface area contributed by atoms with Gasteiger partial charge in [-0.1, -0.05) is 35.3 Å². The Labute approximate surface area is 139 Å². The summed E-state index contributed by atoms with van der Waals surface area (Å²) >= 11 is 3.32. The van der Waals surface area contributed by atoms with Gasteiger partial charge in [-0.3, -0.25) is 14.9 Å². The number of anilines is 1. The molecule has 21 heavy (non-hydrogen) atoms. The fourth-order valence-corrected chi connectivity index (χ4v) is 2.16. The Bertz CT molecular complexity index is 485. The van der Waals surface area contributed by atoms with E-state index in [1.54, 1.807) is 19.1 Å². The van der Waals surface area contributed by atoms with Gasteiger partial charge in [0.05, 0.1) is 6.04 Å². The number of benzene rings is 1. The monoisotopic (exact) mass is 378 g/mol. The SMILES string of the molecule is CCCC(NC(C)C(=O)Nc1cccc(Br)c1)C(=O)O.Cl. The lowest BCUT2D eigenvalue weighted by Gasteiger charge is -2.19. The summed E-state index contributed by atoms with van der Waals surface area (Å²) in [5.74, 6) is -1.19. The minimum Gasteiger partial charge on any atom is -0.480 e. The molecule has 7 heteroatoms. The fraction of sp³-hybridized carbons (Fsp3) is 0.429. The molecule has 1 aromatic rings. The van der Waals surface area contributed by atoms with Crippen LogP contribution in [0.5, 0.6) is 0 Å². The molecule has 0 aliphatic heterocycles. The van der Waals surface area contributed by atoms with Gasteiger partial charge in [0.15, 0.2) is 0 Å². The lowest BCUT2D eigenvalue weighted by atomic mass is 10.1. The van der Waals surface area contributed by atoms with Gasteiger partial charge >= 0.3 is 5.97 Å². The van der Waals surface area contributed by atoms with Crippen molar-refractivity contribution in [3.8, 4) is 0 Å². The quantitative estimate of drug-likeness (QED) is 0.680. The lowest BCUT2D eigenvalue weighted by molar-refractivity contribution is -0.140. The van der Waals surface area contributed by atoms with Gasteiger partial charge < -0.3 is 10.4 Å². The molecule has 0 aliphatic carbocycles. The molecule has 0 saturated carbocycles. The zero-order valence-electron chi connectivity index (χ0n) is 11.9. The van der Waals surface area contributed by atoms with Crippen molar-refractivity contribution in [1.82, 2.24) is 5.32 Å². The Hall–Kier alpha value is -1.11. The third-order valence-corrected chi connectivity index (χ3v) is 3.31. The van der Waals surface area contributed by atoms with Crippen LogP contribution in [0.4, 0.5) is 5.69 Å². The molecule has 0 fully saturated rings. The van der Waals surface area contributed by atoms with E-state index in [0.717, 1.165) is 10.9 Å². The minimum atomic E-state index is -0.936. The first-order chi connectivity index (χ1) is 9.43. The van der Waals surface area contributed by atoms with Crippen LogP contribution in [0, 0.1) is 0 Å². The molecule has 118 valence electrons. The van der Waals surface area contributed by atoms with Crippen LogP contribution >= 0.6 is 28.3 Å². The molecule has 2 atom stereocenters. The van der Waals surface area contributed by atoms with Crippen LogP contribution in [0.25, 0.3) is 0 Å². The van der Waals surface area contributed by atoms with Crippen molar-refractivity contribution < 1.29 is 14.7 Å². The lowest BCUT2D eigenvalue weighted by Crippen LogP contribution is -2.47. The van der Waals surface area contributed by atoms with Gasteiger partial charge in [-0.05, 0) is 31.5 Å². The van der Waals surface area contributed by atoms with E-state index in [1.807, 2.05) is 19.1 Å². The molecule has 0 saturated heterocycles. The van der Waals surface area contributed by atoms with Crippen molar-refractivity contribution in [2.45, 2.75) is 38.8 Å². The van der Waals surface area contributed by atoms with Crippen LogP contribution in [-0.2, 0) is 9.59 Å². The van der Waals surface area contributed by atoms with Crippen LogP contribution in [0.15, 0.2) is 28.7 Å². The van der Waals surface area contributed by atoms with E-state index in [0.29, 0.717) is 12.1 Å². The van der Waals surface area contributed by atoms with Gasteiger partial charge in [-0.2, -0.15) is 0 Å². The average molecular weight is 380 g/mol. The normalized spacial score (nSPS) is 12.9. The maximum absolute atomic E-state index is 12.0. The molecule has 0 heterocycles. The summed E-state index contributed by atoms with van der Waals surface area (Å²) in [4.78, 5) is 23.1. The summed E-state index contributed by atoms with van der Waals surface area (Å²) in [5, 5.41) is 14.6. The summed E-state index contributed by atoms with van der Waals surface area (Å²) in [6, 6.07) is 5.94. The Morgan fingerprint density at radius 1 is 1.38 bits per heavy atom. The van der Waals surface area contributed by atoms with E-state index in [-0.39, 0.29) is 18.3 Å². The predicted octanol–water partition coefficient (Wildman–Crippen LogP) is 3.04. The third kappa shape index (κ3) is 6.93. The Kier molecular flexibility index (Phi) is 9.24. The third-order valence-electron chi connectivity index (χ3n) is 2.81.